The summed E-state index contributed by atoms with van der Waals surface area (Å²) in [5.41, 5.74) is -0.967. The number of aliphatic hydroxyl groups is 1. The van der Waals surface area contributed by atoms with Crippen LogP contribution in [-0.4, -0.2) is 28.9 Å². The maximum absolute atomic E-state index is 10.6. The van der Waals surface area contributed by atoms with Gasteiger partial charge in [0.15, 0.2) is 0 Å². The molecular formula is C7H13NO3. The molecule has 1 amide bonds. The molecule has 0 bridgehead atoms. The molecule has 0 rings (SSSR count). The minimum Gasteiger partial charge on any atom is -0.389 e. The van der Waals surface area contributed by atoms with Crippen molar-refractivity contribution in [3.63, 3.8) is 0 Å². The number of amides is 1. The van der Waals surface area contributed by atoms with Crippen molar-refractivity contribution < 1.29 is 14.7 Å². The van der Waals surface area contributed by atoms with Crippen molar-refractivity contribution in [3.8, 4) is 0 Å². The molecular weight excluding hydrogens is 146 g/mol. The van der Waals surface area contributed by atoms with Crippen molar-refractivity contribution in [3.05, 3.63) is 0 Å². The molecule has 0 saturated carbocycles. The second-order valence-corrected chi connectivity index (χ2v) is 3.05. The van der Waals surface area contributed by atoms with Gasteiger partial charge in [-0.05, 0) is 13.8 Å². The van der Waals surface area contributed by atoms with Crippen molar-refractivity contribution in [2.45, 2.75) is 26.4 Å². The van der Waals surface area contributed by atoms with Gasteiger partial charge in [0.25, 0.3) is 5.91 Å². The van der Waals surface area contributed by atoms with Crippen LogP contribution >= 0.6 is 0 Å². The Kier molecular flexibility index (Phi) is 3.19. The fraction of sp³-hybridized carbons (Fsp3) is 0.714. The van der Waals surface area contributed by atoms with Crippen molar-refractivity contribution in [2.24, 2.45) is 0 Å². The van der Waals surface area contributed by atoms with E-state index in [4.69, 9.17) is 5.11 Å². The highest BCUT2D eigenvalue weighted by molar-refractivity contribution is 6.35. The lowest BCUT2D eigenvalue weighted by atomic mass is 10.1. The van der Waals surface area contributed by atoms with Gasteiger partial charge in [-0.15, -0.1) is 0 Å². The van der Waals surface area contributed by atoms with Gasteiger partial charge in [0.05, 0.1) is 5.60 Å². The largest absolute Gasteiger partial charge is 0.389 e. The molecule has 64 valence electrons. The van der Waals surface area contributed by atoms with Crippen LogP contribution in [0, 0.1) is 0 Å². The van der Waals surface area contributed by atoms with Crippen LogP contribution in [0.5, 0.6) is 0 Å². The van der Waals surface area contributed by atoms with Gasteiger partial charge in [0, 0.05) is 13.5 Å². The third-order valence-corrected chi connectivity index (χ3v) is 1.00. The maximum atomic E-state index is 10.6. The van der Waals surface area contributed by atoms with Crippen LogP contribution in [-0.2, 0) is 9.59 Å². The zero-order chi connectivity index (χ0) is 9.07. The smallest absolute Gasteiger partial charge is 0.287 e. The van der Waals surface area contributed by atoms with Gasteiger partial charge in [0.1, 0.15) is 0 Å². The third kappa shape index (κ3) is 5.54. The Balaban J connectivity index is 3.73. The summed E-state index contributed by atoms with van der Waals surface area (Å²) in [5.74, 6) is -1.21. The lowest BCUT2D eigenvalue weighted by molar-refractivity contribution is -0.137. The zero-order valence-electron chi connectivity index (χ0n) is 6.97. The zero-order valence-corrected chi connectivity index (χ0v) is 6.97. The fourth-order valence-electron chi connectivity index (χ4n) is 0.421. The van der Waals surface area contributed by atoms with Crippen molar-refractivity contribution >= 4 is 11.7 Å². The van der Waals surface area contributed by atoms with E-state index in [1.165, 1.54) is 6.92 Å². The minimum atomic E-state index is -0.967. The molecule has 0 spiro atoms. The molecule has 0 aromatic rings. The monoisotopic (exact) mass is 159 g/mol. The van der Waals surface area contributed by atoms with Gasteiger partial charge in [0.2, 0.25) is 5.78 Å². The van der Waals surface area contributed by atoms with E-state index >= 15 is 0 Å². The van der Waals surface area contributed by atoms with E-state index in [9.17, 15) is 9.59 Å². The van der Waals surface area contributed by atoms with E-state index in [1.54, 1.807) is 13.8 Å². The molecule has 4 heteroatoms. The molecule has 0 heterocycles. The summed E-state index contributed by atoms with van der Waals surface area (Å²) in [6, 6.07) is 0. The summed E-state index contributed by atoms with van der Waals surface area (Å²) in [7, 11) is 0. The SMILES string of the molecule is CC(=O)C(=O)NCC(C)(C)O. The predicted octanol–water partition coefficient (Wildman–Crippen LogP) is -0.538. The van der Waals surface area contributed by atoms with Crippen LogP contribution in [0.15, 0.2) is 0 Å². The first kappa shape index (κ1) is 10.1. The first-order chi connectivity index (χ1) is 4.83. The lowest BCUT2D eigenvalue weighted by Gasteiger charge is -2.16. The quantitative estimate of drug-likeness (QED) is 0.544. The second kappa shape index (κ2) is 3.48. The predicted molar refractivity (Wildman–Crippen MR) is 40.0 cm³/mol. The average Bonchev–Trinajstić information content (AvgIpc) is 1.80. The Labute approximate surface area is 65.6 Å². The minimum absolute atomic E-state index is 0.0887. The van der Waals surface area contributed by atoms with Crippen LogP contribution in [0.25, 0.3) is 0 Å². The Morgan fingerprint density at radius 2 is 1.91 bits per heavy atom. The van der Waals surface area contributed by atoms with Gasteiger partial charge < -0.3 is 10.4 Å². The van der Waals surface area contributed by atoms with Gasteiger partial charge in [-0.3, -0.25) is 9.59 Å². The van der Waals surface area contributed by atoms with Gasteiger partial charge in [-0.1, -0.05) is 0 Å². The highest BCUT2D eigenvalue weighted by Crippen LogP contribution is 1.96. The van der Waals surface area contributed by atoms with Gasteiger partial charge >= 0.3 is 0 Å². The summed E-state index contributed by atoms with van der Waals surface area (Å²) in [5, 5.41) is 11.4. The average molecular weight is 159 g/mol. The molecule has 0 aliphatic carbocycles. The standard InChI is InChI=1S/C7H13NO3/c1-5(9)6(10)8-4-7(2,3)11/h11H,4H2,1-3H3,(H,8,10). The number of Topliss-reactive ketones (excluding diaryl/α,β-unsaturated/α-hetero) is 1. The molecule has 0 aliphatic heterocycles. The van der Waals surface area contributed by atoms with E-state index in [-0.39, 0.29) is 6.54 Å². The Morgan fingerprint density at radius 3 is 2.18 bits per heavy atom. The molecule has 0 saturated heterocycles. The van der Waals surface area contributed by atoms with E-state index in [0.717, 1.165) is 0 Å². The number of hydrogen-bond donors (Lipinski definition) is 2. The number of carbonyl (C=O) groups excluding carboxylic acids is 2. The van der Waals surface area contributed by atoms with Crippen LogP contribution in [0.2, 0.25) is 0 Å². The highest BCUT2D eigenvalue weighted by atomic mass is 16.3. The third-order valence-electron chi connectivity index (χ3n) is 1.00. The molecule has 4 nitrogen and oxygen atoms in total. The van der Waals surface area contributed by atoms with E-state index < -0.39 is 17.3 Å². The Bertz CT molecular complexity index is 169. The number of carbonyl (C=O) groups is 2. The fourth-order valence-corrected chi connectivity index (χ4v) is 0.421. The summed E-state index contributed by atoms with van der Waals surface area (Å²) < 4.78 is 0. The molecule has 0 fully saturated rings. The number of ketones is 1. The van der Waals surface area contributed by atoms with Gasteiger partial charge in [-0.2, -0.15) is 0 Å². The first-order valence-corrected chi connectivity index (χ1v) is 3.34. The first-order valence-electron chi connectivity index (χ1n) is 3.34. The van der Waals surface area contributed by atoms with Crippen LogP contribution in [0.4, 0.5) is 0 Å². The topological polar surface area (TPSA) is 66.4 Å². The number of nitrogens with one attached hydrogen (secondary N) is 1. The maximum Gasteiger partial charge on any atom is 0.287 e. The summed E-state index contributed by atoms with van der Waals surface area (Å²) >= 11 is 0. The molecule has 0 aromatic carbocycles. The van der Waals surface area contributed by atoms with Crippen molar-refractivity contribution in [1.29, 1.82) is 0 Å². The molecule has 0 aliphatic rings. The van der Waals surface area contributed by atoms with Crippen LogP contribution in [0.3, 0.4) is 0 Å². The van der Waals surface area contributed by atoms with E-state index in [0.29, 0.717) is 0 Å². The van der Waals surface area contributed by atoms with E-state index in [1.807, 2.05) is 0 Å². The van der Waals surface area contributed by atoms with E-state index in [2.05, 4.69) is 5.32 Å². The molecule has 0 aromatic heterocycles. The lowest BCUT2D eigenvalue weighted by Crippen LogP contribution is -2.40. The van der Waals surface area contributed by atoms with Gasteiger partial charge in [-0.25, -0.2) is 0 Å². The summed E-state index contributed by atoms with van der Waals surface area (Å²) in [6.07, 6.45) is 0. The molecule has 0 radical (unpaired) electrons. The highest BCUT2D eigenvalue weighted by Gasteiger charge is 2.15. The van der Waals surface area contributed by atoms with Crippen LogP contribution < -0.4 is 5.32 Å². The molecule has 0 atom stereocenters. The summed E-state index contributed by atoms with van der Waals surface area (Å²) in [4.78, 5) is 21.0. The molecule has 11 heavy (non-hydrogen) atoms. The Morgan fingerprint density at radius 1 is 1.45 bits per heavy atom. The van der Waals surface area contributed by atoms with Crippen molar-refractivity contribution in [2.75, 3.05) is 6.54 Å². The van der Waals surface area contributed by atoms with Crippen molar-refractivity contribution in [1.82, 2.24) is 5.32 Å². The normalized spacial score (nSPS) is 10.9. The summed E-state index contributed by atoms with van der Waals surface area (Å²) in [6.45, 7) is 4.37. The number of rotatable bonds is 3. The molecule has 2 N–H and O–H groups in total. The van der Waals surface area contributed by atoms with Crippen LogP contribution in [0.1, 0.15) is 20.8 Å². The second-order valence-electron chi connectivity index (χ2n) is 3.05. The number of hydrogen-bond acceptors (Lipinski definition) is 3. The Hall–Kier alpha value is -0.900. The molecule has 0 unspecified atom stereocenters.